The Morgan fingerprint density at radius 1 is 0.971 bits per heavy atom. The predicted molar refractivity (Wildman–Crippen MR) is 111 cm³/mol. The average Bonchev–Trinajstić information content (AvgIpc) is 2.79. The monoisotopic (exact) mass is 482 g/mol. The van der Waals surface area contributed by atoms with Crippen LogP contribution in [-0.2, 0) is 15.2 Å². The summed E-state index contributed by atoms with van der Waals surface area (Å²) in [4.78, 5) is 26.2. The first-order valence-corrected chi connectivity index (χ1v) is 10.8. The molecule has 2 amide bonds. The number of aliphatic hydroxyl groups is 1. The summed E-state index contributed by atoms with van der Waals surface area (Å²) in [5.74, 6) is -3.16. The van der Waals surface area contributed by atoms with Gasteiger partial charge in [-0.05, 0) is 48.1 Å². The van der Waals surface area contributed by atoms with Gasteiger partial charge in [-0.15, -0.1) is 0 Å². The second kappa shape index (κ2) is 8.65. The number of nitrogens with one attached hydrogen (secondary N) is 1. The van der Waals surface area contributed by atoms with Gasteiger partial charge in [-0.25, -0.2) is 8.78 Å². The van der Waals surface area contributed by atoms with Gasteiger partial charge in [0.25, 0.3) is 11.5 Å². The van der Waals surface area contributed by atoms with Gasteiger partial charge in [-0.1, -0.05) is 24.3 Å². The Balaban J connectivity index is 1.59. The highest BCUT2D eigenvalue weighted by Gasteiger charge is 2.62. The van der Waals surface area contributed by atoms with Crippen molar-refractivity contribution in [2.75, 3.05) is 19.6 Å². The Kier molecular flexibility index (Phi) is 6.14. The van der Waals surface area contributed by atoms with Crippen LogP contribution in [0.5, 0.6) is 0 Å². The molecule has 4 rings (SSSR count). The molecule has 182 valence electrons. The first-order valence-electron chi connectivity index (χ1n) is 10.8. The van der Waals surface area contributed by atoms with Gasteiger partial charge < -0.3 is 15.3 Å². The third-order valence-corrected chi connectivity index (χ3v) is 7.06. The van der Waals surface area contributed by atoms with E-state index in [1.54, 1.807) is 12.1 Å². The summed E-state index contributed by atoms with van der Waals surface area (Å²) < 4.78 is 68.5. The molecule has 2 heterocycles. The van der Waals surface area contributed by atoms with Gasteiger partial charge in [-0.2, -0.15) is 13.2 Å². The number of halogens is 5. The van der Waals surface area contributed by atoms with Crippen LogP contribution < -0.4 is 5.32 Å². The molecular weight excluding hydrogens is 459 g/mol. The maximum atomic E-state index is 13.9. The van der Waals surface area contributed by atoms with Crippen molar-refractivity contribution < 1.29 is 36.6 Å². The number of rotatable bonds is 3. The minimum Gasteiger partial charge on any atom is -0.369 e. The fraction of sp³-hybridized carbons (Fsp3) is 0.417. The Bertz CT molecular complexity index is 1060. The van der Waals surface area contributed by atoms with Gasteiger partial charge in [0, 0.05) is 37.5 Å². The number of hydrogen-bond donors (Lipinski definition) is 2. The summed E-state index contributed by atoms with van der Waals surface area (Å²) >= 11 is 0. The second-order valence-corrected chi connectivity index (χ2v) is 8.95. The molecule has 0 bridgehead atoms. The van der Waals surface area contributed by atoms with Gasteiger partial charge in [0.1, 0.15) is 11.6 Å². The van der Waals surface area contributed by atoms with Crippen LogP contribution in [0.1, 0.15) is 36.3 Å². The van der Waals surface area contributed by atoms with Gasteiger partial charge >= 0.3 is 6.18 Å². The summed E-state index contributed by atoms with van der Waals surface area (Å²) in [7, 11) is 0. The number of piperidine rings is 2. The molecule has 2 aliphatic heterocycles. The van der Waals surface area contributed by atoms with Crippen molar-refractivity contribution in [3.63, 3.8) is 0 Å². The fourth-order valence-corrected chi connectivity index (χ4v) is 5.11. The second-order valence-electron chi connectivity index (χ2n) is 8.95. The summed E-state index contributed by atoms with van der Waals surface area (Å²) in [5, 5.41) is 13.4. The number of benzene rings is 2. The minimum absolute atomic E-state index is 0.108. The molecule has 2 saturated heterocycles. The van der Waals surface area contributed by atoms with E-state index in [2.05, 4.69) is 5.32 Å². The van der Waals surface area contributed by atoms with Crippen LogP contribution in [0.2, 0.25) is 0 Å². The number of hydrogen-bond acceptors (Lipinski definition) is 3. The molecule has 0 aromatic heterocycles. The smallest absolute Gasteiger partial charge is 0.369 e. The van der Waals surface area contributed by atoms with Crippen LogP contribution >= 0.6 is 0 Å². The molecule has 1 spiro atoms. The molecule has 10 heteroatoms. The highest BCUT2D eigenvalue weighted by molar-refractivity contribution is 5.87. The van der Waals surface area contributed by atoms with E-state index in [-0.39, 0.29) is 44.2 Å². The summed E-state index contributed by atoms with van der Waals surface area (Å²) in [6, 6.07) is 8.83. The molecular formula is C24H23F5N2O3. The molecule has 2 fully saturated rings. The van der Waals surface area contributed by atoms with Crippen LogP contribution in [0.3, 0.4) is 0 Å². The Morgan fingerprint density at radius 2 is 1.50 bits per heavy atom. The number of nitrogens with zero attached hydrogens (tertiary/aromatic N) is 1. The molecule has 0 aliphatic carbocycles. The molecule has 2 aromatic carbocycles. The fourth-order valence-electron chi connectivity index (χ4n) is 5.11. The number of likely N-dealkylation sites (tertiary alicyclic amines) is 1. The van der Waals surface area contributed by atoms with Crippen molar-refractivity contribution in [3.8, 4) is 0 Å². The Labute approximate surface area is 192 Å². The normalized spacial score (nSPS) is 22.2. The SMILES string of the molecule is O=C1CC2(CCN(C(=O)[C@@](O)(c3ccc(F)cc3)C(F)(F)F)CC2)[C@H](c2ccc(F)cc2)CN1. The highest BCUT2D eigenvalue weighted by atomic mass is 19.4. The van der Waals surface area contributed by atoms with E-state index in [1.165, 1.54) is 12.1 Å². The van der Waals surface area contributed by atoms with E-state index in [9.17, 15) is 36.6 Å². The van der Waals surface area contributed by atoms with Crippen LogP contribution in [0.15, 0.2) is 48.5 Å². The summed E-state index contributed by atoms with van der Waals surface area (Å²) in [6.45, 7) is 0.0767. The lowest BCUT2D eigenvalue weighted by molar-refractivity contribution is -0.262. The molecule has 0 radical (unpaired) electrons. The lowest BCUT2D eigenvalue weighted by Gasteiger charge is -2.50. The molecule has 2 atom stereocenters. The molecule has 34 heavy (non-hydrogen) atoms. The van der Waals surface area contributed by atoms with Crippen molar-refractivity contribution >= 4 is 11.8 Å². The van der Waals surface area contributed by atoms with Crippen LogP contribution in [0, 0.1) is 17.0 Å². The highest BCUT2D eigenvalue weighted by Crippen LogP contribution is 2.50. The van der Waals surface area contributed by atoms with Crippen LogP contribution in [-0.4, -0.2) is 47.6 Å². The largest absolute Gasteiger partial charge is 0.430 e. The van der Waals surface area contributed by atoms with Crippen LogP contribution in [0.4, 0.5) is 22.0 Å². The van der Waals surface area contributed by atoms with Crippen molar-refractivity contribution in [2.24, 2.45) is 5.41 Å². The van der Waals surface area contributed by atoms with Gasteiger partial charge in [-0.3, -0.25) is 9.59 Å². The Hall–Kier alpha value is -3.01. The van der Waals surface area contributed by atoms with Crippen LogP contribution in [0.25, 0.3) is 0 Å². The quantitative estimate of drug-likeness (QED) is 0.657. The third kappa shape index (κ3) is 4.15. The lowest BCUT2D eigenvalue weighted by Crippen LogP contribution is -2.59. The van der Waals surface area contributed by atoms with E-state index in [0.29, 0.717) is 6.54 Å². The number of amides is 2. The Morgan fingerprint density at radius 3 is 2.03 bits per heavy atom. The third-order valence-electron chi connectivity index (χ3n) is 7.06. The van der Waals surface area contributed by atoms with Crippen molar-refractivity contribution in [2.45, 2.75) is 37.0 Å². The number of carbonyl (C=O) groups is 2. The zero-order chi connectivity index (χ0) is 24.7. The molecule has 2 aliphatic rings. The van der Waals surface area contributed by atoms with Gasteiger partial charge in [0.15, 0.2) is 0 Å². The summed E-state index contributed by atoms with van der Waals surface area (Å²) in [5.41, 5.74) is -4.43. The van der Waals surface area contributed by atoms with E-state index in [0.717, 1.165) is 34.7 Å². The number of alkyl halides is 3. The van der Waals surface area contributed by atoms with E-state index >= 15 is 0 Å². The topological polar surface area (TPSA) is 69.6 Å². The standard InChI is InChI=1S/C24H23F5N2O3/c25-17-5-1-15(2-6-17)19-14-30-20(32)13-22(19)9-11-31(12-10-22)21(33)23(34,24(27,28)29)16-3-7-18(26)8-4-16/h1-8,19,34H,9-14H2,(H,30,32)/t19-,23-/m0/s1. The van der Waals surface area contributed by atoms with Crippen molar-refractivity contribution in [1.82, 2.24) is 10.2 Å². The van der Waals surface area contributed by atoms with Crippen molar-refractivity contribution in [1.29, 1.82) is 0 Å². The molecule has 2 N–H and O–H groups in total. The van der Waals surface area contributed by atoms with Gasteiger partial charge in [0.05, 0.1) is 0 Å². The van der Waals surface area contributed by atoms with E-state index in [4.69, 9.17) is 0 Å². The molecule has 5 nitrogen and oxygen atoms in total. The minimum atomic E-state index is -5.33. The number of carbonyl (C=O) groups excluding carboxylic acids is 2. The van der Waals surface area contributed by atoms with E-state index < -0.39 is 40.3 Å². The average molecular weight is 482 g/mol. The zero-order valence-electron chi connectivity index (χ0n) is 18.0. The van der Waals surface area contributed by atoms with Gasteiger partial charge in [0.2, 0.25) is 5.91 Å². The molecule has 2 aromatic rings. The first-order chi connectivity index (χ1) is 16.0. The molecule has 0 unspecified atom stereocenters. The maximum absolute atomic E-state index is 13.9. The zero-order valence-corrected chi connectivity index (χ0v) is 18.0. The van der Waals surface area contributed by atoms with E-state index in [1.807, 2.05) is 0 Å². The molecule has 0 saturated carbocycles. The maximum Gasteiger partial charge on any atom is 0.430 e. The summed E-state index contributed by atoms with van der Waals surface area (Å²) in [6.07, 6.45) is -4.76. The van der Waals surface area contributed by atoms with Crippen molar-refractivity contribution in [3.05, 3.63) is 71.3 Å². The predicted octanol–water partition coefficient (Wildman–Crippen LogP) is 3.63. The lowest BCUT2D eigenvalue weighted by atomic mass is 9.62. The first kappa shape index (κ1) is 24.1.